The van der Waals surface area contributed by atoms with E-state index in [0.29, 0.717) is 27.0 Å². The third-order valence-electron chi connectivity index (χ3n) is 5.04. The van der Waals surface area contributed by atoms with Crippen LogP contribution in [0.4, 0.5) is 5.69 Å². The van der Waals surface area contributed by atoms with Crippen molar-refractivity contribution in [3.8, 4) is 34.2 Å². The molecular weight excluding hydrogens is 466 g/mol. The number of nitriles is 1. The second kappa shape index (κ2) is 10.9. The van der Waals surface area contributed by atoms with E-state index < -0.39 is 0 Å². The molecule has 7 heteroatoms. The number of benzene rings is 3. The molecule has 0 saturated carbocycles. The molecule has 0 atom stereocenters. The number of halogens is 1. The molecule has 4 aromatic rings. The summed E-state index contributed by atoms with van der Waals surface area (Å²) >= 11 is 7.14. The van der Waals surface area contributed by atoms with Crippen LogP contribution in [0.1, 0.15) is 5.56 Å². The predicted octanol–water partition coefficient (Wildman–Crippen LogP) is 6.68. The van der Waals surface area contributed by atoms with Gasteiger partial charge in [-0.15, -0.1) is 0 Å². The van der Waals surface area contributed by atoms with Crippen molar-refractivity contribution in [1.29, 1.82) is 5.26 Å². The Morgan fingerprint density at radius 2 is 1.74 bits per heavy atom. The van der Waals surface area contributed by atoms with E-state index in [9.17, 15) is 10.1 Å². The number of aromatic nitrogens is 1. The first-order valence-electron chi connectivity index (χ1n) is 10.4. The summed E-state index contributed by atoms with van der Waals surface area (Å²) in [6, 6.07) is 28.4. The highest BCUT2D eigenvalue weighted by Gasteiger charge is 2.17. The molecule has 1 N–H and O–H groups in total. The Morgan fingerprint density at radius 1 is 1.03 bits per heavy atom. The minimum Gasteiger partial charge on any atom is -0.497 e. The molecule has 1 heterocycles. The highest BCUT2D eigenvalue weighted by Crippen LogP contribution is 2.34. The van der Waals surface area contributed by atoms with E-state index in [2.05, 4.69) is 11.4 Å². The number of thioether (sulfide) groups is 1. The van der Waals surface area contributed by atoms with Crippen LogP contribution in [0.25, 0.3) is 22.4 Å². The monoisotopic (exact) mass is 485 g/mol. The Bertz CT molecular complexity index is 1340. The van der Waals surface area contributed by atoms with Crippen molar-refractivity contribution in [1.82, 2.24) is 4.98 Å². The highest BCUT2D eigenvalue weighted by molar-refractivity contribution is 8.00. The van der Waals surface area contributed by atoms with Gasteiger partial charge in [0.25, 0.3) is 0 Å². The van der Waals surface area contributed by atoms with Gasteiger partial charge in [0.15, 0.2) is 0 Å². The summed E-state index contributed by atoms with van der Waals surface area (Å²) < 4.78 is 5.26. The molecule has 0 bridgehead atoms. The molecule has 5 nitrogen and oxygen atoms in total. The lowest BCUT2D eigenvalue weighted by molar-refractivity contribution is -0.113. The second-order valence-electron chi connectivity index (χ2n) is 7.29. The van der Waals surface area contributed by atoms with E-state index in [1.165, 1.54) is 11.8 Å². The summed E-state index contributed by atoms with van der Waals surface area (Å²) in [5.41, 5.74) is 4.36. The number of ether oxygens (including phenoxy) is 1. The number of rotatable bonds is 7. The van der Waals surface area contributed by atoms with Crippen molar-refractivity contribution >= 4 is 35.0 Å². The number of hydrogen-bond acceptors (Lipinski definition) is 5. The van der Waals surface area contributed by atoms with Crippen LogP contribution in [0, 0.1) is 11.3 Å². The number of nitrogens with one attached hydrogen (secondary N) is 1. The number of methoxy groups -OCH3 is 1. The van der Waals surface area contributed by atoms with Gasteiger partial charge in [-0.1, -0.05) is 53.7 Å². The molecule has 0 spiro atoms. The van der Waals surface area contributed by atoms with E-state index in [-0.39, 0.29) is 11.7 Å². The molecule has 1 amide bonds. The Labute approximate surface area is 207 Å². The molecule has 0 aliphatic rings. The Kier molecular flexibility index (Phi) is 7.48. The summed E-state index contributed by atoms with van der Waals surface area (Å²) in [6.07, 6.45) is 0. The van der Waals surface area contributed by atoms with Gasteiger partial charge in [0, 0.05) is 21.8 Å². The zero-order chi connectivity index (χ0) is 23.9. The standard InChI is InChI=1S/C27H20ClN3O2S/c1-33-22-13-7-19(8-14-22)25-15-23(18-5-3-2-4-6-18)24(16-29)27(31-25)34-17-26(32)30-21-11-9-20(28)10-12-21/h2-15H,17H2,1H3,(H,30,32). The lowest BCUT2D eigenvalue weighted by atomic mass is 9.99. The molecule has 1 aromatic heterocycles. The lowest BCUT2D eigenvalue weighted by Crippen LogP contribution is -2.14. The first-order valence-corrected chi connectivity index (χ1v) is 11.8. The van der Waals surface area contributed by atoms with E-state index in [1.807, 2.05) is 60.7 Å². The number of nitrogens with zero attached hydrogens (tertiary/aromatic N) is 2. The van der Waals surface area contributed by atoms with Crippen molar-refractivity contribution in [3.05, 3.63) is 95.5 Å². The number of carbonyl (C=O) groups is 1. The fourth-order valence-corrected chi connectivity index (χ4v) is 4.28. The van der Waals surface area contributed by atoms with Crippen LogP contribution in [-0.4, -0.2) is 23.8 Å². The first kappa shape index (κ1) is 23.4. The van der Waals surface area contributed by atoms with Crippen molar-refractivity contribution in [2.45, 2.75) is 5.03 Å². The SMILES string of the molecule is COc1ccc(-c2cc(-c3ccccc3)c(C#N)c(SCC(=O)Nc3ccc(Cl)cc3)n2)cc1. The number of pyridine rings is 1. The van der Waals surface area contributed by atoms with E-state index in [1.54, 1.807) is 31.4 Å². The van der Waals surface area contributed by atoms with Gasteiger partial charge in [-0.25, -0.2) is 4.98 Å². The molecule has 0 aliphatic carbocycles. The second-order valence-corrected chi connectivity index (χ2v) is 8.69. The molecule has 0 unspecified atom stereocenters. The van der Waals surface area contributed by atoms with E-state index in [4.69, 9.17) is 21.3 Å². The van der Waals surface area contributed by atoms with E-state index >= 15 is 0 Å². The van der Waals surface area contributed by atoms with Crippen molar-refractivity contribution in [2.75, 3.05) is 18.2 Å². The van der Waals surface area contributed by atoms with Crippen LogP contribution >= 0.6 is 23.4 Å². The summed E-state index contributed by atoms with van der Waals surface area (Å²) in [4.78, 5) is 17.3. The summed E-state index contributed by atoms with van der Waals surface area (Å²) in [5, 5.41) is 13.9. The predicted molar refractivity (Wildman–Crippen MR) is 137 cm³/mol. The molecule has 0 aliphatic heterocycles. The number of amides is 1. The van der Waals surface area contributed by atoms with Crippen molar-refractivity contribution in [3.63, 3.8) is 0 Å². The van der Waals surface area contributed by atoms with Crippen molar-refractivity contribution in [2.24, 2.45) is 0 Å². The molecule has 4 rings (SSSR count). The number of carbonyl (C=O) groups excluding carboxylic acids is 1. The van der Waals surface area contributed by atoms with Gasteiger partial charge in [-0.3, -0.25) is 4.79 Å². The van der Waals surface area contributed by atoms with Crippen LogP contribution in [0.2, 0.25) is 5.02 Å². The topological polar surface area (TPSA) is 75.0 Å². The molecular formula is C27H20ClN3O2S. The van der Waals surface area contributed by atoms with Gasteiger partial charge < -0.3 is 10.1 Å². The third-order valence-corrected chi connectivity index (χ3v) is 6.26. The summed E-state index contributed by atoms with van der Waals surface area (Å²) in [5.74, 6) is 0.646. The number of hydrogen-bond donors (Lipinski definition) is 1. The Hall–Kier alpha value is -3.79. The Balaban J connectivity index is 1.67. The lowest BCUT2D eigenvalue weighted by Gasteiger charge is -2.13. The zero-order valence-corrected chi connectivity index (χ0v) is 19.9. The van der Waals surface area contributed by atoms with Crippen molar-refractivity contribution < 1.29 is 9.53 Å². The van der Waals surface area contributed by atoms with Crippen LogP contribution < -0.4 is 10.1 Å². The maximum absolute atomic E-state index is 12.6. The maximum Gasteiger partial charge on any atom is 0.234 e. The first-order chi connectivity index (χ1) is 16.6. The zero-order valence-electron chi connectivity index (χ0n) is 18.3. The van der Waals surface area contributed by atoms with E-state index in [0.717, 1.165) is 22.4 Å². The van der Waals surface area contributed by atoms with Crippen LogP contribution in [0.15, 0.2) is 90.0 Å². The minimum absolute atomic E-state index is 0.102. The van der Waals surface area contributed by atoms with Gasteiger partial charge in [0.2, 0.25) is 5.91 Å². The molecule has 3 aromatic carbocycles. The minimum atomic E-state index is -0.200. The molecule has 0 saturated heterocycles. The van der Waals surface area contributed by atoms with Gasteiger partial charge in [-0.05, 0) is 60.2 Å². The van der Waals surface area contributed by atoms with Crippen LogP contribution in [0.5, 0.6) is 5.75 Å². The van der Waals surface area contributed by atoms with Gasteiger partial charge in [0.1, 0.15) is 16.8 Å². The Morgan fingerprint density at radius 3 is 2.38 bits per heavy atom. The summed E-state index contributed by atoms with van der Waals surface area (Å²) in [7, 11) is 1.62. The maximum atomic E-state index is 12.6. The molecule has 34 heavy (non-hydrogen) atoms. The highest BCUT2D eigenvalue weighted by atomic mass is 35.5. The average molecular weight is 486 g/mol. The largest absolute Gasteiger partial charge is 0.497 e. The fourth-order valence-electron chi connectivity index (χ4n) is 3.35. The quantitative estimate of drug-likeness (QED) is 0.295. The fraction of sp³-hybridized carbons (Fsp3) is 0.0741. The average Bonchev–Trinajstić information content (AvgIpc) is 2.88. The van der Waals surface area contributed by atoms with Gasteiger partial charge in [-0.2, -0.15) is 5.26 Å². The molecule has 0 radical (unpaired) electrons. The molecule has 168 valence electrons. The van der Waals surface area contributed by atoms with Crippen LogP contribution in [-0.2, 0) is 4.79 Å². The number of anilines is 1. The third kappa shape index (κ3) is 5.57. The smallest absolute Gasteiger partial charge is 0.234 e. The summed E-state index contributed by atoms with van der Waals surface area (Å²) in [6.45, 7) is 0. The van der Waals surface area contributed by atoms with Crippen LogP contribution in [0.3, 0.4) is 0 Å². The van der Waals surface area contributed by atoms with Gasteiger partial charge >= 0.3 is 0 Å². The van der Waals surface area contributed by atoms with Gasteiger partial charge in [0.05, 0.1) is 24.1 Å². The normalized spacial score (nSPS) is 10.4. The molecule has 0 fully saturated rings.